The van der Waals surface area contributed by atoms with E-state index in [0.29, 0.717) is 23.3 Å². The first-order chi connectivity index (χ1) is 18.6. The molecule has 1 aliphatic carbocycles. The third-order valence-corrected chi connectivity index (χ3v) is 7.27. The Balaban J connectivity index is 1.15. The number of ketones is 1. The lowest BCUT2D eigenvalue weighted by atomic mass is 10.0. The zero-order chi connectivity index (χ0) is 26.3. The van der Waals surface area contributed by atoms with Crippen LogP contribution in [0.3, 0.4) is 0 Å². The summed E-state index contributed by atoms with van der Waals surface area (Å²) in [6.07, 6.45) is 6.98. The summed E-state index contributed by atoms with van der Waals surface area (Å²) < 4.78 is 6.04. The summed E-state index contributed by atoms with van der Waals surface area (Å²) in [7, 11) is 0. The first-order valence-electron chi connectivity index (χ1n) is 13.3. The van der Waals surface area contributed by atoms with Crippen molar-refractivity contribution in [2.75, 3.05) is 44.6 Å². The maximum atomic E-state index is 11.8. The van der Waals surface area contributed by atoms with Gasteiger partial charge in [-0.2, -0.15) is 0 Å². The summed E-state index contributed by atoms with van der Waals surface area (Å²) in [4.78, 5) is 26.0. The van der Waals surface area contributed by atoms with E-state index >= 15 is 0 Å². The van der Waals surface area contributed by atoms with E-state index in [-0.39, 0.29) is 12.2 Å². The van der Waals surface area contributed by atoms with Crippen LogP contribution in [-0.2, 0) is 11.2 Å². The zero-order valence-corrected chi connectivity index (χ0v) is 22.4. The minimum Gasteiger partial charge on any atom is -0.493 e. The van der Waals surface area contributed by atoms with Crippen molar-refractivity contribution in [3.8, 4) is 17.0 Å². The Bertz CT molecular complexity index is 1270. The molecule has 3 aromatic rings. The average molecular weight is 532 g/mol. The van der Waals surface area contributed by atoms with Crippen LogP contribution >= 0.6 is 11.6 Å². The Hall–Kier alpha value is -3.26. The molecular formula is C30H34ClN5O2. The largest absolute Gasteiger partial charge is 0.493 e. The quantitative estimate of drug-likeness (QED) is 0.248. The molecule has 1 saturated carbocycles. The Morgan fingerprint density at radius 2 is 1.95 bits per heavy atom. The van der Waals surface area contributed by atoms with E-state index in [4.69, 9.17) is 16.3 Å². The number of carbonyl (C=O) groups is 1. The minimum absolute atomic E-state index is 0.0351. The van der Waals surface area contributed by atoms with Crippen LogP contribution in [0.1, 0.15) is 24.8 Å². The fourth-order valence-corrected chi connectivity index (χ4v) is 4.99. The predicted molar refractivity (Wildman–Crippen MR) is 152 cm³/mol. The van der Waals surface area contributed by atoms with Gasteiger partial charge < -0.3 is 15.0 Å². The maximum absolute atomic E-state index is 11.8. The molecule has 2 heterocycles. The van der Waals surface area contributed by atoms with Crippen LogP contribution in [-0.4, -0.2) is 70.9 Å². The van der Waals surface area contributed by atoms with Gasteiger partial charge in [-0.3, -0.25) is 9.69 Å². The lowest BCUT2D eigenvalue weighted by molar-refractivity contribution is -0.114. The highest BCUT2D eigenvalue weighted by atomic mass is 35.5. The van der Waals surface area contributed by atoms with Crippen molar-refractivity contribution in [2.45, 2.75) is 31.7 Å². The fourth-order valence-electron chi connectivity index (χ4n) is 4.79. The fraction of sp³-hybridized carbons (Fsp3) is 0.367. The number of carbonyl (C=O) groups excluding carboxylic acids is 1. The topological polar surface area (TPSA) is 70.6 Å². The number of hydrogen-bond donors (Lipinski definition) is 1. The van der Waals surface area contributed by atoms with Crippen LogP contribution in [0.4, 0.5) is 11.6 Å². The van der Waals surface area contributed by atoms with Gasteiger partial charge in [0.2, 0.25) is 5.95 Å². The van der Waals surface area contributed by atoms with Crippen LogP contribution < -0.4 is 10.1 Å². The molecule has 198 valence electrons. The minimum atomic E-state index is -0.0351. The molecule has 0 amide bonds. The molecular weight excluding hydrogens is 498 g/mol. The van der Waals surface area contributed by atoms with E-state index in [2.05, 4.69) is 31.7 Å². The number of ether oxygens (including phenoxy) is 1. The Kier molecular flexibility index (Phi) is 8.68. The SMILES string of the molecule is C=CC(=O)Cc1cccc(-c2nc(Nc3cccc(OCCCN4CCN(C5CC5)CC4)c3)ncc2Cl)c1. The average Bonchev–Trinajstić information content (AvgIpc) is 3.79. The second-order valence-electron chi connectivity index (χ2n) is 9.90. The van der Waals surface area contributed by atoms with Crippen LogP contribution in [0.25, 0.3) is 11.3 Å². The number of piperazine rings is 1. The summed E-state index contributed by atoms with van der Waals surface area (Å²) in [5.41, 5.74) is 3.13. The number of nitrogens with one attached hydrogen (secondary N) is 1. The van der Waals surface area contributed by atoms with Crippen molar-refractivity contribution in [3.05, 3.63) is 78.0 Å². The second kappa shape index (κ2) is 12.5. The van der Waals surface area contributed by atoms with Gasteiger partial charge in [-0.1, -0.05) is 42.4 Å². The molecule has 0 bridgehead atoms. The molecule has 0 unspecified atom stereocenters. The molecule has 8 heteroatoms. The second-order valence-corrected chi connectivity index (χ2v) is 10.3. The third kappa shape index (κ3) is 7.19. The third-order valence-electron chi connectivity index (χ3n) is 7.00. The van der Waals surface area contributed by atoms with Gasteiger partial charge in [0.15, 0.2) is 5.78 Å². The molecule has 1 aliphatic heterocycles. The van der Waals surface area contributed by atoms with Gasteiger partial charge in [-0.15, -0.1) is 0 Å². The van der Waals surface area contributed by atoms with Crippen molar-refractivity contribution < 1.29 is 9.53 Å². The molecule has 5 rings (SSSR count). The van der Waals surface area contributed by atoms with Crippen LogP contribution in [0.5, 0.6) is 5.75 Å². The van der Waals surface area contributed by atoms with Gasteiger partial charge in [0.25, 0.3) is 0 Å². The first kappa shape index (κ1) is 26.4. The Labute approximate surface area is 229 Å². The molecule has 38 heavy (non-hydrogen) atoms. The maximum Gasteiger partial charge on any atom is 0.227 e. The molecule has 1 saturated heterocycles. The standard InChI is InChI=1S/C30H34ClN5O2/c1-2-26(37)19-22-6-3-7-23(18-22)29-28(31)21-32-30(34-29)33-24-8-4-9-27(20-24)38-17-5-12-35-13-15-36(16-14-35)25-10-11-25/h2-4,6-9,18,20-21,25H,1,5,10-17,19H2,(H,32,33,34). The van der Waals surface area contributed by atoms with E-state index in [1.165, 1.54) is 32.0 Å². The smallest absolute Gasteiger partial charge is 0.227 e. The molecule has 7 nitrogen and oxygen atoms in total. The van der Waals surface area contributed by atoms with Gasteiger partial charge >= 0.3 is 0 Å². The van der Waals surface area contributed by atoms with Gasteiger partial charge in [-0.05, 0) is 49.1 Å². The summed E-state index contributed by atoms with van der Waals surface area (Å²) in [5.74, 6) is 1.20. The highest BCUT2D eigenvalue weighted by Crippen LogP contribution is 2.29. The normalized spacial score (nSPS) is 16.2. The lowest BCUT2D eigenvalue weighted by Crippen LogP contribution is -2.47. The van der Waals surface area contributed by atoms with E-state index in [9.17, 15) is 4.79 Å². The molecule has 0 radical (unpaired) electrons. The highest BCUT2D eigenvalue weighted by molar-refractivity contribution is 6.32. The number of rotatable bonds is 12. The van der Waals surface area contributed by atoms with Gasteiger partial charge in [-0.25, -0.2) is 9.97 Å². The van der Waals surface area contributed by atoms with Crippen LogP contribution in [0.15, 0.2) is 67.4 Å². The van der Waals surface area contributed by atoms with E-state index < -0.39 is 0 Å². The van der Waals surface area contributed by atoms with Crippen molar-refractivity contribution in [3.63, 3.8) is 0 Å². The number of allylic oxidation sites excluding steroid dienone is 1. The van der Waals surface area contributed by atoms with Crippen molar-refractivity contribution in [1.29, 1.82) is 0 Å². The molecule has 0 spiro atoms. The molecule has 1 aromatic heterocycles. The summed E-state index contributed by atoms with van der Waals surface area (Å²) in [6.45, 7) is 10.0. The van der Waals surface area contributed by atoms with E-state index in [1.54, 1.807) is 6.20 Å². The number of hydrogen-bond acceptors (Lipinski definition) is 7. The number of benzene rings is 2. The van der Waals surface area contributed by atoms with Gasteiger partial charge in [0.1, 0.15) is 5.75 Å². The van der Waals surface area contributed by atoms with E-state index in [0.717, 1.165) is 54.7 Å². The zero-order valence-electron chi connectivity index (χ0n) is 21.6. The summed E-state index contributed by atoms with van der Waals surface area (Å²) >= 11 is 6.43. The summed E-state index contributed by atoms with van der Waals surface area (Å²) in [6, 6.07) is 16.3. The number of aromatic nitrogens is 2. The summed E-state index contributed by atoms with van der Waals surface area (Å²) in [5, 5.41) is 3.70. The molecule has 1 N–H and O–H groups in total. The van der Waals surface area contributed by atoms with Crippen molar-refractivity contribution in [1.82, 2.24) is 19.8 Å². The van der Waals surface area contributed by atoms with Crippen LogP contribution in [0, 0.1) is 0 Å². The monoisotopic (exact) mass is 531 g/mol. The van der Waals surface area contributed by atoms with Crippen LogP contribution in [0.2, 0.25) is 5.02 Å². The van der Waals surface area contributed by atoms with Gasteiger partial charge in [0, 0.05) is 62.5 Å². The Morgan fingerprint density at radius 1 is 1.13 bits per heavy atom. The van der Waals surface area contributed by atoms with Gasteiger partial charge in [0.05, 0.1) is 23.5 Å². The van der Waals surface area contributed by atoms with Crippen molar-refractivity contribution >= 4 is 29.0 Å². The first-order valence-corrected chi connectivity index (χ1v) is 13.7. The molecule has 2 fully saturated rings. The highest BCUT2D eigenvalue weighted by Gasteiger charge is 2.30. The van der Waals surface area contributed by atoms with Crippen molar-refractivity contribution in [2.24, 2.45) is 0 Å². The molecule has 0 atom stereocenters. The predicted octanol–water partition coefficient (Wildman–Crippen LogP) is 5.39. The number of nitrogens with zero attached hydrogens (tertiary/aromatic N) is 4. The number of halogens is 1. The van der Waals surface area contributed by atoms with E-state index in [1.807, 2.05) is 48.5 Å². The lowest BCUT2D eigenvalue weighted by Gasteiger charge is -2.34. The molecule has 2 aromatic carbocycles. The Morgan fingerprint density at radius 3 is 2.74 bits per heavy atom. The number of anilines is 2. The molecule has 2 aliphatic rings.